The van der Waals surface area contributed by atoms with Crippen LogP contribution in [0.25, 0.3) is 11.0 Å². The maximum Gasteiger partial charge on any atom is 0.251 e. The first-order valence-corrected chi connectivity index (χ1v) is 12.1. The molecule has 36 heavy (non-hydrogen) atoms. The molecule has 4 aromatic rings. The fraction of sp³-hybridized carbons (Fsp3) is 0.310. The SMILES string of the molecule is COc1ccc(C(=O)NCCc2nc3ccccc3n2CCCOc2cc(C)cc(C)c2)cc1OC. The van der Waals surface area contributed by atoms with Crippen LogP contribution in [0.2, 0.25) is 0 Å². The van der Waals surface area contributed by atoms with Gasteiger partial charge in [0.05, 0.1) is 31.9 Å². The number of imidazole rings is 1. The van der Waals surface area contributed by atoms with Crippen molar-refractivity contribution in [3.05, 3.63) is 83.2 Å². The first-order valence-electron chi connectivity index (χ1n) is 12.1. The van der Waals surface area contributed by atoms with E-state index < -0.39 is 0 Å². The van der Waals surface area contributed by atoms with Gasteiger partial charge in [-0.15, -0.1) is 0 Å². The number of carbonyl (C=O) groups is 1. The van der Waals surface area contributed by atoms with Crippen molar-refractivity contribution < 1.29 is 19.0 Å². The van der Waals surface area contributed by atoms with Gasteiger partial charge in [0.2, 0.25) is 0 Å². The van der Waals surface area contributed by atoms with Gasteiger partial charge in [-0.25, -0.2) is 4.98 Å². The number of nitrogens with zero attached hydrogens (tertiary/aromatic N) is 2. The minimum absolute atomic E-state index is 0.166. The van der Waals surface area contributed by atoms with Crippen molar-refractivity contribution in [2.45, 2.75) is 33.2 Å². The molecule has 0 aliphatic rings. The van der Waals surface area contributed by atoms with E-state index in [9.17, 15) is 4.79 Å². The number of aromatic nitrogens is 2. The Morgan fingerprint density at radius 1 is 0.944 bits per heavy atom. The molecule has 188 valence electrons. The molecule has 0 unspecified atom stereocenters. The van der Waals surface area contributed by atoms with Crippen molar-refractivity contribution >= 4 is 16.9 Å². The number of carbonyl (C=O) groups excluding carboxylic acids is 1. The van der Waals surface area contributed by atoms with E-state index in [0.29, 0.717) is 36.6 Å². The van der Waals surface area contributed by atoms with Crippen LogP contribution in [0.1, 0.15) is 33.7 Å². The Labute approximate surface area is 212 Å². The van der Waals surface area contributed by atoms with Gasteiger partial charge in [0.25, 0.3) is 5.91 Å². The van der Waals surface area contributed by atoms with Crippen molar-refractivity contribution in [2.24, 2.45) is 0 Å². The van der Waals surface area contributed by atoms with Crippen LogP contribution in [0.5, 0.6) is 17.2 Å². The van der Waals surface area contributed by atoms with E-state index in [-0.39, 0.29) is 5.91 Å². The maximum atomic E-state index is 12.7. The van der Waals surface area contributed by atoms with Gasteiger partial charge in [-0.2, -0.15) is 0 Å². The molecule has 0 atom stereocenters. The number of rotatable bonds is 11. The summed E-state index contributed by atoms with van der Waals surface area (Å²) in [6, 6.07) is 19.5. The molecule has 1 heterocycles. The van der Waals surface area contributed by atoms with Crippen LogP contribution in [0.3, 0.4) is 0 Å². The van der Waals surface area contributed by atoms with Gasteiger partial charge in [0.1, 0.15) is 11.6 Å². The van der Waals surface area contributed by atoms with Gasteiger partial charge in [-0.1, -0.05) is 18.2 Å². The number of ether oxygens (including phenoxy) is 3. The number of hydrogen-bond donors (Lipinski definition) is 1. The molecule has 0 bridgehead atoms. The zero-order chi connectivity index (χ0) is 25.5. The van der Waals surface area contributed by atoms with E-state index in [1.807, 2.05) is 18.2 Å². The van der Waals surface area contributed by atoms with Crippen molar-refractivity contribution in [3.63, 3.8) is 0 Å². The second kappa shape index (κ2) is 11.6. The summed E-state index contributed by atoms with van der Waals surface area (Å²) in [4.78, 5) is 17.5. The molecule has 1 N–H and O–H groups in total. The largest absolute Gasteiger partial charge is 0.494 e. The van der Waals surface area contributed by atoms with E-state index in [4.69, 9.17) is 19.2 Å². The van der Waals surface area contributed by atoms with Crippen LogP contribution in [-0.4, -0.2) is 42.8 Å². The molecule has 7 heteroatoms. The Morgan fingerprint density at radius 2 is 1.69 bits per heavy atom. The maximum absolute atomic E-state index is 12.7. The lowest BCUT2D eigenvalue weighted by molar-refractivity contribution is 0.0953. The Morgan fingerprint density at radius 3 is 2.44 bits per heavy atom. The monoisotopic (exact) mass is 487 g/mol. The molecule has 0 saturated carbocycles. The first-order chi connectivity index (χ1) is 17.5. The van der Waals surface area contributed by atoms with Crippen LogP contribution >= 0.6 is 0 Å². The number of para-hydroxylation sites is 2. The van der Waals surface area contributed by atoms with E-state index in [1.54, 1.807) is 32.4 Å². The summed E-state index contributed by atoms with van der Waals surface area (Å²) in [7, 11) is 3.12. The van der Waals surface area contributed by atoms with Gasteiger partial charge in [0, 0.05) is 25.1 Å². The van der Waals surface area contributed by atoms with Crippen LogP contribution in [-0.2, 0) is 13.0 Å². The molecule has 0 aliphatic carbocycles. The predicted octanol–water partition coefficient (Wildman–Crippen LogP) is 5.11. The van der Waals surface area contributed by atoms with Gasteiger partial charge < -0.3 is 24.1 Å². The van der Waals surface area contributed by atoms with Crippen LogP contribution in [0.15, 0.2) is 60.7 Å². The molecule has 0 fully saturated rings. The fourth-order valence-corrected chi connectivity index (χ4v) is 4.36. The lowest BCUT2D eigenvalue weighted by atomic mass is 10.1. The second-order valence-electron chi connectivity index (χ2n) is 8.77. The molecular weight excluding hydrogens is 454 g/mol. The van der Waals surface area contributed by atoms with E-state index in [1.165, 1.54) is 11.1 Å². The molecule has 7 nitrogen and oxygen atoms in total. The standard InChI is InChI=1S/C29H33N3O4/c1-20-16-21(2)18-23(17-20)36-15-7-14-32-25-9-6-5-8-24(25)31-28(32)12-13-30-29(33)22-10-11-26(34-3)27(19-22)35-4/h5-6,8-11,16-19H,7,12-15H2,1-4H3,(H,30,33). The summed E-state index contributed by atoms with van der Waals surface area (Å²) in [5, 5.41) is 2.99. The predicted molar refractivity (Wildman–Crippen MR) is 141 cm³/mol. The number of benzene rings is 3. The quantitative estimate of drug-likeness (QED) is 0.298. The lowest BCUT2D eigenvalue weighted by Gasteiger charge is -2.12. The molecular formula is C29H33N3O4. The summed E-state index contributed by atoms with van der Waals surface area (Å²) in [6.45, 7) is 6.02. The first kappa shape index (κ1) is 25.1. The third-order valence-corrected chi connectivity index (χ3v) is 6.00. The Balaban J connectivity index is 1.38. The van der Waals surface area contributed by atoms with E-state index in [2.05, 4.69) is 48.0 Å². The Kier molecular flexibility index (Phi) is 8.10. The number of amides is 1. The van der Waals surface area contributed by atoms with E-state index in [0.717, 1.165) is 35.6 Å². The van der Waals surface area contributed by atoms with E-state index >= 15 is 0 Å². The highest BCUT2D eigenvalue weighted by Gasteiger charge is 2.13. The topological polar surface area (TPSA) is 74.6 Å². The number of fused-ring (bicyclic) bond motifs is 1. The zero-order valence-corrected chi connectivity index (χ0v) is 21.3. The molecule has 1 amide bonds. The fourth-order valence-electron chi connectivity index (χ4n) is 4.36. The minimum Gasteiger partial charge on any atom is -0.494 e. The summed E-state index contributed by atoms with van der Waals surface area (Å²) in [5.74, 6) is 2.79. The number of nitrogens with one attached hydrogen (secondary N) is 1. The zero-order valence-electron chi connectivity index (χ0n) is 21.3. The summed E-state index contributed by atoms with van der Waals surface area (Å²) < 4.78 is 18.8. The molecule has 3 aromatic carbocycles. The highest BCUT2D eigenvalue weighted by Crippen LogP contribution is 2.27. The summed E-state index contributed by atoms with van der Waals surface area (Å²) in [5.41, 5.74) is 4.95. The third kappa shape index (κ3) is 5.97. The third-order valence-electron chi connectivity index (χ3n) is 6.00. The number of methoxy groups -OCH3 is 2. The highest BCUT2D eigenvalue weighted by molar-refractivity contribution is 5.94. The van der Waals surface area contributed by atoms with Gasteiger partial charge in [-0.05, 0) is 73.9 Å². The second-order valence-corrected chi connectivity index (χ2v) is 8.77. The average Bonchev–Trinajstić information content (AvgIpc) is 3.22. The van der Waals surface area contributed by atoms with Gasteiger partial charge >= 0.3 is 0 Å². The van der Waals surface area contributed by atoms with Gasteiger partial charge in [-0.3, -0.25) is 4.79 Å². The molecule has 1 aromatic heterocycles. The van der Waals surface area contributed by atoms with Crippen molar-refractivity contribution in [1.82, 2.24) is 14.9 Å². The van der Waals surface area contributed by atoms with Crippen LogP contribution in [0.4, 0.5) is 0 Å². The van der Waals surface area contributed by atoms with Gasteiger partial charge in [0.15, 0.2) is 11.5 Å². The molecule has 0 aliphatic heterocycles. The summed E-state index contributed by atoms with van der Waals surface area (Å²) in [6.07, 6.45) is 1.46. The van der Waals surface area contributed by atoms with Crippen LogP contribution in [0, 0.1) is 13.8 Å². The normalized spacial score (nSPS) is 10.9. The average molecular weight is 488 g/mol. The van der Waals surface area contributed by atoms with Crippen molar-refractivity contribution in [3.8, 4) is 17.2 Å². The highest BCUT2D eigenvalue weighted by atomic mass is 16.5. The molecule has 0 spiro atoms. The minimum atomic E-state index is -0.166. The molecule has 4 rings (SSSR count). The molecule has 0 radical (unpaired) electrons. The number of aryl methyl sites for hydroxylation is 3. The Hall–Kier alpha value is -4.00. The van der Waals surface area contributed by atoms with Crippen LogP contribution < -0.4 is 19.5 Å². The summed E-state index contributed by atoms with van der Waals surface area (Å²) >= 11 is 0. The molecule has 0 saturated heterocycles. The lowest BCUT2D eigenvalue weighted by Crippen LogP contribution is -2.26. The Bertz CT molecular complexity index is 1330. The van der Waals surface area contributed by atoms with Crippen molar-refractivity contribution in [2.75, 3.05) is 27.4 Å². The van der Waals surface area contributed by atoms with Crippen molar-refractivity contribution in [1.29, 1.82) is 0 Å². The smallest absolute Gasteiger partial charge is 0.251 e. The number of hydrogen-bond acceptors (Lipinski definition) is 5.